The Bertz CT molecular complexity index is 1370. The smallest absolute Gasteiger partial charge is 0.380 e. The van der Waals surface area contributed by atoms with Crippen molar-refractivity contribution < 1.29 is 23.5 Å². The Labute approximate surface area is 208 Å². The van der Waals surface area contributed by atoms with Crippen LogP contribution in [0.25, 0.3) is 11.8 Å². The first-order valence-electron chi connectivity index (χ1n) is 11.8. The van der Waals surface area contributed by atoms with Gasteiger partial charge in [0.05, 0.1) is 31.4 Å². The van der Waals surface area contributed by atoms with E-state index in [0.717, 1.165) is 35.4 Å². The number of esters is 1. The third-order valence-corrected chi connectivity index (χ3v) is 6.32. The predicted octanol–water partition coefficient (Wildman–Crippen LogP) is 4.57. The van der Waals surface area contributed by atoms with Gasteiger partial charge in [0.1, 0.15) is 11.6 Å². The molecule has 1 atom stereocenters. The molecule has 2 aliphatic rings. The minimum Gasteiger partial charge on any atom is -0.495 e. The van der Waals surface area contributed by atoms with Crippen molar-refractivity contribution in [2.75, 3.05) is 20.3 Å². The molecule has 0 radical (unpaired) electrons. The molecule has 1 aromatic heterocycles. The highest BCUT2D eigenvalue weighted by Crippen LogP contribution is 2.42. The molecule has 5 rings (SSSR count). The Balaban J connectivity index is 1.51. The van der Waals surface area contributed by atoms with Gasteiger partial charge >= 0.3 is 11.7 Å². The van der Waals surface area contributed by atoms with Gasteiger partial charge in [-0.2, -0.15) is 0 Å². The van der Waals surface area contributed by atoms with Crippen LogP contribution in [0.1, 0.15) is 36.6 Å². The molecule has 0 bridgehead atoms. The number of aryl methyl sites for hydroxylation is 1. The number of imidazole rings is 1. The zero-order valence-electron chi connectivity index (χ0n) is 20.4. The van der Waals surface area contributed by atoms with E-state index in [1.807, 2.05) is 42.0 Å². The Morgan fingerprint density at radius 3 is 2.86 bits per heavy atom. The molecule has 0 N–H and O–H groups in total. The average molecular weight is 491 g/mol. The lowest BCUT2D eigenvalue weighted by molar-refractivity contribution is -0.189. The molecule has 1 unspecified atom stereocenters. The summed E-state index contributed by atoms with van der Waals surface area (Å²) in [6.45, 7) is 4.32. The molecule has 3 heterocycles. The van der Waals surface area contributed by atoms with Gasteiger partial charge < -0.3 is 23.8 Å². The van der Waals surface area contributed by atoms with Crippen LogP contribution in [-0.4, -0.2) is 46.5 Å². The van der Waals surface area contributed by atoms with E-state index in [4.69, 9.17) is 14.3 Å². The lowest BCUT2D eigenvalue weighted by Crippen LogP contribution is -2.54. The van der Waals surface area contributed by atoms with Crippen molar-refractivity contribution in [3.8, 4) is 11.4 Å². The van der Waals surface area contributed by atoms with Crippen molar-refractivity contribution in [2.45, 2.75) is 32.4 Å². The Morgan fingerprint density at radius 1 is 1.28 bits per heavy atom. The largest absolute Gasteiger partial charge is 0.495 e. The third-order valence-electron chi connectivity index (χ3n) is 6.32. The molecule has 2 aliphatic heterocycles. The molecule has 3 aromatic rings. The minimum absolute atomic E-state index is 0.160. The van der Waals surface area contributed by atoms with Crippen LogP contribution in [0.2, 0.25) is 0 Å². The quantitative estimate of drug-likeness (QED) is 0.471. The summed E-state index contributed by atoms with van der Waals surface area (Å²) in [5.74, 6) is 0.130. The minimum atomic E-state index is -1.67. The van der Waals surface area contributed by atoms with Gasteiger partial charge in [0.15, 0.2) is 5.84 Å². The summed E-state index contributed by atoms with van der Waals surface area (Å²) >= 11 is 0. The van der Waals surface area contributed by atoms with E-state index in [2.05, 4.69) is 10.1 Å². The van der Waals surface area contributed by atoms with Gasteiger partial charge in [-0.15, -0.1) is 0 Å². The van der Waals surface area contributed by atoms with E-state index in [1.54, 1.807) is 37.4 Å². The summed E-state index contributed by atoms with van der Waals surface area (Å²) < 4.78 is 27.1. The summed E-state index contributed by atoms with van der Waals surface area (Å²) in [5, 5.41) is 4.32. The second-order valence-electron chi connectivity index (χ2n) is 8.66. The van der Waals surface area contributed by atoms with Crippen molar-refractivity contribution in [1.82, 2.24) is 14.5 Å². The molecule has 0 aliphatic carbocycles. The first-order valence-corrected chi connectivity index (χ1v) is 11.8. The fourth-order valence-corrected chi connectivity index (χ4v) is 4.68. The summed E-state index contributed by atoms with van der Waals surface area (Å²) in [4.78, 5) is 25.1. The van der Waals surface area contributed by atoms with Crippen molar-refractivity contribution in [3.05, 3.63) is 83.2 Å². The average Bonchev–Trinajstić information content (AvgIpc) is 3.49. The number of carbonyl (C=O) groups excluding carboxylic acids is 1. The van der Waals surface area contributed by atoms with E-state index < -0.39 is 17.5 Å². The number of amidine groups is 1. The molecule has 1 fully saturated rings. The number of ether oxygens (including phenoxy) is 2. The maximum absolute atomic E-state index is 14.2. The number of methoxy groups -OCH3 is 1. The molecule has 36 heavy (non-hydrogen) atoms. The molecule has 0 spiro atoms. The standard InChI is InChI=1S/C27H27FN4O4/c1-4-35-26(33)27(21-8-5-9-22(28)15-21)32-12-6-7-20(25(32)30-36-27)13-19-10-11-23(24(14-19)34-3)31-16-18(2)29-17-31/h5,8-11,13-17H,4,6-7,12H2,1-3H3/b20-13+. The number of aromatic nitrogens is 2. The number of oxime groups is 1. The molecular formula is C27H27FN4O4. The topological polar surface area (TPSA) is 78.2 Å². The number of halogens is 1. The number of fused-ring (bicyclic) bond motifs is 1. The summed E-state index contributed by atoms with van der Waals surface area (Å²) in [6.07, 6.45) is 7.18. The zero-order chi connectivity index (χ0) is 25.3. The normalized spacial score (nSPS) is 20.1. The van der Waals surface area contributed by atoms with Gasteiger partial charge in [0, 0.05) is 18.3 Å². The van der Waals surface area contributed by atoms with E-state index in [9.17, 15) is 9.18 Å². The summed E-state index contributed by atoms with van der Waals surface area (Å²) in [5.41, 5.74) is 2.26. The molecular weight excluding hydrogens is 463 g/mol. The number of benzene rings is 2. The van der Waals surface area contributed by atoms with Crippen LogP contribution in [0.4, 0.5) is 4.39 Å². The molecule has 2 aromatic carbocycles. The van der Waals surface area contributed by atoms with Crippen LogP contribution < -0.4 is 4.74 Å². The highest BCUT2D eigenvalue weighted by Gasteiger charge is 2.57. The Kier molecular flexibility index (Phi) is 6.22. The van der Waals surface area contributed by atoms with Crippen molar-refractivity contribution in [1.29, 1.82) is 0 Å². The molecule has 9 heteroatoms. The number of nitrogens with zero attached hydrogens (tertiary/aromatic N) is 4. The molecule has 8 nitrogen and oxygen atoms in total. The number of hydrogen-bond acceptors (Lipinski definition) is 7. The van der Waals surface area contributed by atoms with Crippen LogP contribution in [-0.2, 0) is 20.1 Å². The highest BCUT2D eigenvalue weighted by atomic mass is 19.1. The first-order chi connectivity index (χ1) is 17.5. The van der Waals surface area contributed by atoms with Crippen molar-refractivity contribution in [3.63, 3.8) is 0 Å². The first kappa shape index (κ1) is 23.6. The molecule has 0 saturated carbocycles. The van der Waals surface area contributed by atoms with E-state index in [1.165, 1.54) is 12.1 Å². The fraction of sp³-hybridized carbons (Fsp3) is 0.296. The van der Waals surface area contributed by atoms with Crippen LogP contribution in [0.3, 0.4) is 0 Å². The Morgan fingerprint density at radius 2 is 2.14 bits per heavy atom. The van der Waals surface area contributed by atoms with Crippen LogP contribution in [0.15, 0.2) is 65.7 Å². The van der Waals surface area contributed by atoms with Gasteiger partial charge in [-0.25, -0.2) is 14.2 Å². The number of rotatable bonds is 6. The molecule has 186 valence electrons. The number of carbonyl (C=O) groups is 1. The highest BCUT2D eigenvalue weighted by molar-refractivity contribution is 6.06. The van der Waals surface area contributed by atoms with Crippen LogP contribution in [0, 0.1) is 12.7 Å². The van der Waals surface area contributed by atoms with E-state index in [0.29, 0.717) is 23.7 Å². The van der Waals surface area contributed by atoms with Crippen LogP contribution >= 0.6 is 0 Å². The van der Waals surface area contributed by atoms with Crippen LogP contribution in [0.5, 0.6) is 5.75 Å². The lowest BCUT2D eigenvalue weighted by atomic mass is 9.94. The zero-order valence-corrected chi connectivity index (χ0v) is 20.4. The number of hydrogen-bond donors (Lipinski definition) is 0. The third kappa shape index (κ3) is 4.00. The Hall–Kier alpha value is -4.14. The van der Waals surface area contributed by atoms with Crippen molar-refractivity contribution in [2.24, 2.45) is 5.16 Å². The fourth-order valence-electron chi connectivity index (χ4n) is 4.68. The van der Waals surface area contributed by atoms with Crippen molar-refractivity contribution >= 4 is 17.9 Å². The predicted molar refractivity (Wildman–Crippen MR) is 132 cm³/mol. The molecule has 1 saturated heterocycles. The lowest BCUT2D eigenvalue weighted by Gasteiger charge is -2.37. The van der Waals surface area contributed by atoms with Gasteiger partial charge in [-0.05, 0) is 68.2 Å². The monoisotopic (exact) mass is 490 g/mol. The SMILES string of the molecule is CCOC(=O)C1(c2cccc(F)c2)ON=C2/C(=C/c3ccc(-n4cnc(C)c4)c(OC)c3)CCCN21. The van der Waals surface area contributed by atoms with Gasteiger partial charge in [0.2, 0.25) is 0 Å². The maximum Gasteiger partial charge on any atom is 0.380 e. The second kappa shape index (κ2) is 9.49. The summed E-state index contributed by atoms with van der Waals surface area (Å²) in [7, 11) is 1.63. The maximum atomic E-state index is 14.2. The second-order valence-corrected chi connectivity index (χ2v) is 8.66. The van der Waals surface area contributed by atoms with E-state index in [-0.39, 0.29) is 6.61 Å². The van der Waals surface area contributed by atoms with Gasteiger partial charge in [0.25, 0.3) is 0 Å². The molecule has 0 amide bonds. The number of piperidine rings is 1. The van der Waals surface area contributed by atoms with Gasteiger partial charge in [-0.1, -0.05) is 23.4 Å². The van der Waals surface area contributed by atoms with E-state index >= 15 is 0 Å². The van der Waals surface area contributed by atoms with Gasteiger partial charge in [-0.3, -0.25) is 0 Å². The summed E-state index contributed by atoms with van der Waals surface area (Å²) in [6, 6.07) is 11.7.